The van der Waals surface area contributed by atoms with Gasteiger partial charge in [0.2, 0.25) is 5.95 Å². The molecule has 1 saturated heterocycles. The normalized spacial score (nSPS) is 19.6. The second kappa shape index (κ2) is 5.62. The lowest BCUT2D eigenvalue weighted by Gasteiger charge is -2.13. The molecule has 3 N–H and O–H groups in total. The molecule has 0 aliphatic carbocycles. The molecule has 0 amide bonds. The number of nitrogens with zero attached hydrogens (tertiary/aromatic N) is 4. The van der Waals surface area contributed by atoms with Crippen molar-refractivity contribution in [2.75, 3.05) is 43.9 Å². The van der Waals surface area contributed by atoms with E-state index < -0.39 is 0 Å². The van der Waals surface area contributed by atoms with Crippen LogP contribution >= 0.6 is 0 Å². The van der Waals surface area contributed by atoms with E-state index in [0.717, 1.165) is 31.0 Å². The number of likely N-dealkylation sites (tertiary alicyclic amines) is 1. The van der Waals surface area contributed by atoms with Crippen LogP contribution in [0.5, 0.6) is 0 Å². The van der Waals surface area contributed by atoms with Crippen molar-refractivity contribution >= 4 is 22.9 Å². The van der Waals surface area contributed by atoms with E-state index in [2.05, 4.69) is 42.5 Å². The summed E-state index contributed by atoms with van der Waals surface area (Å²) in [5.74, 6) is 2.13. The van der Waals surface area contributed by atoms with Crippen LogP contribution in [0.4, 0.5) is 11.8 Å². The van der Waals surface area contributed by atoms with Crippen LogP contribution in [0.3, 0.4) is 0 Å². The second-order valence-electron chi connectivity index (χ2n) is 5.33. The Morgan fingerprint density at radius 3 is 3.05 bits per heavy atom. The van der Waals surface area contributed by atoms with Gasteiger partial charge in [0, 0.05) is 19.6 Å². The summed E-state index contributed by atoms with van der Waals surface area (Å²) in [6.45, 7) is 6.08. The van der Waals surface area contributed by atoms with Gasteiger partial charge >= 0.3 is 0 Å². The van der Waals surface area contributed by atoms with Crippen molar-refractivity contribution in [2.24, 2.45) is 5.92 Å². The number of hydrogen-bond donors (Lipinski definition) is 3. The maximum atomic E-state index is 4.52. The largest absolute Gasteiger partial charge is 0.368 e. The lowest BCUT2D eigenvalue weighted by molar-refractivity contribution is 0.399. The zero-order chi connectivity index (χ0) is 13.9. The van der Waals surface area contributed by atoms with Gasteiger partial charge in [-0.3, -0.25) is 0 Å². The zero-order valence-electron chi connectivity index (χ0n) is 12.0. The summed E-state index contributed by atoms with van der Waals surface area (Å²) in [6.07, 6.45) is 2.89. The topological polar surface area (TPSA) is 81.8 Å². The Bertz CT molecular complexity index is 579. The average Bonchev–Trinajstić information content (AvgIpc) is 3.05. The first-order valence-corrected chi connectivity index (χ1v) is 7.13. The first kappa shape index (κ1) is 13.1. The number of nitrogens with one attached hydrogen (secondary N) is 3. The third kappa shape index (κ3) is 2.67. The highest BCUT2D eigenvalue weighted by atomic mass is 15.2. The van der Waals surface area contributed by atoms with E-state index in [1.807, 2.05) is 6.92 Å². The zero-order valence-corrected chi connectivity index (χ0v) is 12.0. The lowest BCUT2D eigenvalue weighted by Crippen LogP contribution is -2.20. The molecule has 0 aromatic carbocycles. The van der Waals surface area contributed by atoms with E-state index in [0.29, 0.717) is 17.5 Å². The van der Waals surface area contributed by atoms with E-state index in [-0.39, 0.29) is 0 Å². The molecule has 1 atom stereocenters. The number of hydrogen-bond acceptors (Lipinski definition) is 6. The van der Waals surface area contributed by atoms with Gasteiger partial charge in [0.1, 0.15) is 5.52 Å². The minimum absolute atomic E-state index is 0.623. The van der Waals surface area contributed by atoms with Gasteiger partial charge in [-0.15, -0.1) is 0 Å². The minimum Gasteiger partial charge on any atom is -0.368 e. The van der Waals surface area contributed by atoms with Gasteiger partial charge in [-0.2, -0.15) is 9.97 Å². The van der Waals surface area contributed by atoms with Crippen molar-refractivity contribution in [2.45, 2.75) is 13.3 Å². The number of rotatable bonds is 5. The summed E-state index contributed by atoms with van der Waals surface area (Å²) in [5.41, 5.74) is 1.57. The van der Waals surface area contributed by atoms with E-state index in [1.165, 1.54) is 13.0 Å². The maximum absolute atomic E-state index is 4.52. The van der Waals surface area contributed by atoms with E-state index in [9.17, 15) is 0 Å². The Kier molecular flexibility index (Phi) is 3.68. The fourth-order valence-electron chi connectivity index (χ4n) is 2.63. The molecule has 1 aliphatic heterocycles. The summed E-state index contributed by atoms with van der Waals surface area (Å²) >= 11 is 0. The monoisotopic (exact) mass is 275 g/mol. The maximum Gasteiger partial charge on any atom is 0.226 e. The molecule has 1 unspecified atom stereocenters. The Morgan fingerprint density at radius 2 is 2.30 bits per heavy atom. The summed E-state index contributed by atoms with van der Waals surface area (Å²) < 4.78 is 0. The molecular weight excluding hydrogens is 254 g/mol. The molecule has 20 heavy (non-hydrogen) atoms. The number of anilines is 2. The molecule has 1 aliphatic rings. The molecule has 3 rings (SSSR count). The molecule has 7 heteroatoms. The van der Waals surface area contributed by atoms with Crippen molar-refractivity contribution in [1.29, 1.82) is 0 Å². The highest BCUT2D eigenvalue weighted by molar-refractivity contribution is 5.83. The van der Waals surface area contributed by atoms with Crippen LogP contribution in [0, 0.1) is 5.92 Å². The van der Waals surface area contributed by atoms with Crippen molar-refractivity contribution in [3.8, 4) is 0 Å². The summed E-state index contributed by atoms with van der Waals surface area (Å²) in [5, 5.41) is 6.59. The van der Waals surface area contributed by atoms with Crippen molar-refractivity contribution in [3.05, 3.63) is 6.33 Å². The van der Waals surface area contributed by atoms with Crippen LogP contribution in [-0.2, 0) is 0 Å². The second-order valence-corrected chi connectivity index (χ2v) is 5.33. The molecule has 3 heterocycles. The molecule has 0 radical (unpaired) electrons. The predicted molar refractivity (Wildman–Crippen MR) is 79.9 cm³/mol. The predicted octanol–water partition coefficient (Wildman–Crippen LogP) is 1.15. The smallest absolute Gasteiger partial charge is 0.226 e. The van der Waals surface area contributed by atoms with E-state index in [4.69, 9.17) is 0 Å². The quantitative estimate of drug-likeness (QED) is 0.759. The molecule has 108 valence electrons. The van der Waals surface area contributed by atoms with Gasteiger partial charge in [-0.25, -0.2) is 4.98 Å². The third-order valence-corrected chi connectivity index (χ3v) is 3.67. The number of fused-ring (bicyclic) bond motifs is 1. The summed E-state index contributed by atoms with van der Waals surface area (Å²) in [4.78, 5) is 18.6. The highest BCUT2D eigenvalue weighted by Gasteiger charge is 2.20. The van der Waals surface area contributed by atoms with E-state index in [1.54, 1.807) is 6.33 Å². The fourth-order valence-corrected chi connectivity index (χ4v) is 2.63. The average molecular weight is 275 g/mol. The summed E-state index contributed by atoms with van der Waals surface area (Å²) in [7, 11) is 2.17. The molecular formula is C13H21N7. The van der Waals surface area contributed by atoms with Gasteiger partial charge < -0.3 is 20.5 Å². The van der Waals surface area contributed by atoms with Crippen LogP contribution in [-0.4, -0.2) is 58.1 Å². The van der Waals surface area contributed by atoms with Crippen molar-refractivity contribution in [1.82, 2.24) is 24.8 Å². The molecule has 2 aromatic rings. The molecule has 2 aromatic heterocycles. The van der Waals surface area contributed by atoms with Crippen LogP contribution in [0.15, 0.2) is 6.33 Å². The Hall–Kier alpha value is -1.89. The molecule has 0 bridgehead atoms. The van der Waals surface area contributed by atoms with Crippen molar-refractivity contribution < 1.29 is 0 Å². The molecule has 0 spiro atoms. The van der Waals surface area contributed by atoms with Gasteiger partial charge in [0.25, 0.3) is 0 Å². The Balaban J connectivity index is 1.76. The van der Waals surface area contributed by atoms with Gasteiger partial charge in [0.05, 0.1) is 6.33 Å². The SMILES string of the molecule is CCNc1nc(NCC2CCN(C)C2)c2[nH]cnc2n1. The summed E-state index contributed by atoms with van der Waals surface area (Å²) in [6, 6.07) is 0. The molecule has 0 saturated carbocycles. The molecule has 7 nitrogen and oxygen atoms in total. The fraction of sp³-hybridized carbons (Fsp3) is 0.615. The van der Waals surface area contributed by atoms with Gasteiger partial charge in [-0.05, 0) is 32.9 Å². The first-order valence-electron chi connectivity index (χ1n) is 7.13. The van der Waals surface area contributed by atoms with Crippen LogP contribution in [0.2, 0.25) is 0 Å². The Morgan fingerprint density at radius 1 is 1.40 bits per heavy atom. The third-order valence-electron chi connectivity index (χ3n) is 3.67. The molecule has 1 fully saturated rings. The van der Waals surface area contributed by atoms with Gasteiger partial charge in [0.15, 0.2) is 11.5 Å². The number of H-pyrrole nitrogens is 1. The standard InChI is InChI=1S/C13H21N7/c1-3-14-13-18-11(10-12(19-13)17-8-16-10)15-6-9-4-5-20(2)7-9/h8-9H,3-7H2,1-2H3,(H3,14,15,16,17,18,19). The lowest BCUT2D eigenvalue weighted by atomic mass is 10.1. The van der Waals surface area contributed by atoms with Crippen LogP contribution in [0.25, 0.3) is 11.2 Å². The first-order chi connectivity index (χ1) is 9.76. The van der Waals surface area contributed by atoms with Crippen LogP contribution < -0.4 is 10.6 Å². The Labute approximate surface area is 118 Å². The highest BCUT2D eigenvalue weighted by Crippen LogP contribution is 2.20. The van der Waals surface area contributed by atoms with E-state index >= 15 is 0 Å². The number of imidazole rings is 1. The van der Waals surface area contributed by atoms with Gasteiger partial charge in [-0.1, -0.05) is 0 Å². The number of aromatic nitrogens is 4. The van der Waals surface area contributed by atoms with Crippen molar-refractivity contribution in [3.63, 3.8) is 0 Å². The number of aromatic amines is 1. The van der Waals surface area contributed by atoms with Crippen LogP contribution in [0.1, 0.15) is 13.3 Å². The minimum atomic E-state index is 0.623.